The maximum Gasteiger partial charge on any atom is 0.339 e. The van der Waals surface area contributed by atoms with E-state index in [1.54, 1.807) is 30.3 Å². The van der Waals surface area contributed by atoms with Crippen molar-refractivity contribution < 1.29 is 14.3 Å². The van der Waals surface area contributed by atoms with Crippen LogP contribution in [0, 0.1) is 0 Å². The number of esters is 1. The summed E-state index contributed by atoms with van der Waals surface area (Å²) in [6, 6.07) is 9.99. The molecule has 0 atom stereocenters. The van der Waals surface area contributed by atoms with Gasteiger partial charge in [-0.3, -0.25) is 0 Å². The van der Waals surface area contributed by atoms with Crippen LogP contribution in [-0.4, -0.2) is 13.1 Å². The predicted molar refractivity (Wildman–Crippen MR) is 83.6 cm³/mol. The fraction of sp³-hybridized carbons (Fsp3) is 0.133. The van der Waals surface area contributed by atoms with Gasteiger partial charge in [-0.05, 0) is 36.4 Å². The van der Waals surface area contributed by atoms with Crippen molar-refractivity contribution >= 4 is 40.8 Å². The van der Waals surface area contributed by atoms with Crippen molar-refractivity contribution in [2.45, 2.75) is 6.61 Å². The average Bonchev–Trinajstić information content (AvgIpc) is 2.48. The summed E-state index contributed by atoms with van der Waals surface area (Å²) in [5.74, 6) is 0.0967. The Hall–Kier alpha value is -1.42. The first-order valence-electron chi connectivity index (χ1n) is 5.96. The van der Waals surface area contributed by atoms with Gasteiger partial charge in [0.2, 0.25) is 0 Å². The van der Waals surface area contributed by atoms with Gasteiger partial charge in [-0.15, -0.1) is 0 Å². The molecule has 2 aromatic carbocycles. The van der Waals surface area contributed by atoms with Crippen molar-refractivity contribution in [1.29, 1.82) is 0 Å². The van der Waals surface area contributed by atoms with Crippen molar-refractivity contribution in [3.63, 3.8) is 0 Å². The fourth-order valence-corrected chi connectivity index (χ4v) is 2.37. The van der Waals surface area contributed by atoms with Crippen molar-refractivity contribution in [3.8, 4) is 5.75 Å². The summed E-state index contributed by atoms with van der Waals surface area (Å²) in [5, 5.41) is 1.26. The van der Waals surface area contributed by atoms with E-state index >= 15 is 0 Å². The summed E-state index contributed by atoms with van der Waals surface area (Å²) in [6.07, 6.45) is 0. The van der Waals surface area contributed by atoms with Gasteiger partial charge in [0.15, 0.2) is 0 Å². The second kappa shape index (κ2) is 7.03. The molecule has 0 radical (unpaired) electrons. The second-order valence-corrected chi connectivity index (χ2v) is 5.34. The first kappa shape index (κ1) is 16.0. The van der Waals surface area contributed by atoms with Crippen molar-refractivity contribution in [2.75, 3.05) is 7.11 Å². The van der Waals surface area contributed by atoms with Gasteiger partial charge in [0.05, 0.1) is 17.7 Å². The van der Waals surface area contributed by atoms with E-state index in [1.807, 2.05) is 0 Å². The zero-order chi connectivity index (χ0) is 15.4. The van der Waals surface area contributed by atoms with Crippen LogP contribution in [0.4, 0.5) is 0 Å². The van der Waals surface area contributed by atoms with E-state index in [1.165, 1.54) is 13.2 Å². The summed E-state index contributed by atoms with van der Waals surface area (Å²) < 4.78 is 10.3. The highest BCUT2D eigenvalue weighted by atomic mass is 35.5. The van der Waals surface area contributed by atoms with Crippen LogP contribution < -0.4 is 4.74 Å². The summed E-state index contributed by atoms with van der Waals surface area (Å²) in [5.41, 5.74) is 0.773. The lowest BCUT2D eigenvalue weighted by atomic mass is 10.1. The van der Waals surface area contributed by atoms with Crippen LogP contribution in [0.3, 0.4) is 0 Å². The number of rotatable bonds is 4. The lowest BCUT2D eigenvalue weighted by Gasteiger charge is -2.12. The number of ether oxygens (including phenoxy) is 2. The minimum atomic E-state index is -0.524. The van der Waals surface area contributed by atoms with Crippen LogP contribution in [0.15, 0.2) is 36.4 Å². The third kappa shape index (κ3) is 3.82. The molecule has 0 saturated heterocycles. The predicted octanol–water partition coefficient (Wildman–Crippen LogP) is 5.01. The van der Waals surface area contributed by atoms with Crippen molar-refractivity contribution in [3.05, 3.63) is 62.6 Å². The van der Waals surface area contributed by atoms with Gasteiger partial charge < -0.3 is 9.47 Å². The molecule has 0 saturated carbocycles. The molecule has 0 aliphatic carbocycles. The Balaban J connectivity index is 2.23. The molecule has 0 fully saturated rings. The van der Waals surface area contributed by atoms with Gasteiger partial charge in [0, 0.05) is 15.6 Å². The quantitative estimate of drug-likeness (QED) is 0.730. The molecule has 0 spiro atoms. The maximum atomic E-state index is 11.6. The third-order valence-corrected chi connectivity index (χ3v) is 3.83. The number of carbonyl (C=O) groups is 1. The molecule has 6 heteroatoms. The number of halogens is 3. The first-order valence-corrected chi connectivity index (χ1v) is 7.10. The van der Waals surface area contributed by atoms with Crippen LogP contribution in [0.1, 0.15) is 15.9 Å². The molecule has 0 aliphatic heterocycles. The van der Waals surface area contributed by atoms with Gasteiger partial charge in [-0.25, -0.2) is 4.79 Å². The largest absolute Gasteiger partial charge is 0.489 e. The Bertz CT molecular complexity index is 654. The van der Waals surface area contributed by atoms with Gasteiger partial charge in [-0.1, -0.05) is 34.8 Å². The highest BCUT2D eigenvalue weighted by Gasteiger charge is 2.17. The number of hydrogen-bond acceptors (Lipinski definition) is 3. The van der Waals surface area contributed by atoms with Gasteiger partial charge in [0.1, 0.15) is 12.4 Å². The second-order valence-electron chi connectivity index (χ2n) is 4.12. The monoisotopic (exact) mass is 344 g/mol. The molecular formula is C15H11Cl3O3. The smallest absolute Gasteiger partial charge is 0.339 e. The van der Waals surface area contributed by atoms with Crippen LogP contribution in [0.5, 0.6) is 5.75 Å². The molecule has 110 valence electrons. The Morgan fingerprint density at radius 2 is 1.71 bits per heavy atom. The van der Waals surface area contributed by atoms with Crippen LogP contribution >= 0.6 is 34.8 Å². The highest BCUT2D eigenvalue weighted by Crippen LogP contribution is 2.30. The zero-order valence-electron chi connectivity index (χ0n) is 11.0. The Morgan fingerprint density at radius 1 is 1.05 bits per heavy atom. The molecule has 3 nitrogen and oxygen atoms in total. The normalized spacial score (nSPS) is 10.3. The van der Waals surface area contributed by atoms with Gasteiger partial charge in [0.25, 0.3) is 0 Å². The standard InChI is InChI=1S/C15H11Cl3O3/c1-20-15(19)11-6-7-13(17)12(14(11)18)8-21-10-4-2-9(16)3-5-10/h2-7H,8H2,1H3. The number of methoxy groups -OCH3 is 1. The summed E-state index contributed by atoms with van der Waals surface area (Å²) >= 11 is 18.1. The van der Waals surface area contributed by atoms with Crippen LogP contribution in [0.2, 0.25) is 15.1 Å². The van der Waals surface area contributed by atoms with E-state index in [9.17, 15) is 4.79 Å². The molecule has 0 bridgehead atoms. The zero-order valence-corrected chi connectivity index (χ0v) is 13.3. The van der Waals surface area contributed by atoms with Crippen LogP contribution in [0.25, 0.3) is 0 Å². The minimum absolute atomic E-state index is 0.129. The molecule has 0 N–H and O–H groups in total. The average molecular weight is 346 g/mol. The molecule has 21 heavy (non-hydrogen) atoms. The number of benzene rings is 2. The Kier molecular flexibility index (Phi) is 5.34. The minimum Gasteiger partial charge on any atom is -0.489 e. The third-order valence-electron chi connectivity index (χ3n) is 2.79. The van der Waals surface area contributed by atoms with Gasteiger partial charge in [-0.2, -0.15) is 0 Å². The van der Waals surface area contributed by atoms with E-state index in [-0.39, 0.29) is 17.2 Å². The molecule has 0 unspecified atom stereocenters. The lowest BCUT2D eigenvalue weighted by molar-refractivity contribution is 0.0601. The molecule has 2 aromatic rings. The number of carbonyl (C=O) groups excluding carboxylic acids is 1. The molecule has 0 amide bonds. The van der Waals surface area contributed by atoms with E-state index in [0.29, 0.717) is 21.4 Å². The molecule has 2 rings (SSSR count). The topological polar surface area (TPSA) is 35.5 Å². The summed E-state index contributed by atoms with van der Waals surface area (Å²) in [6.45, 7) is 0.129. The first-order chi connectivity index (χ1) is 10.0. The molecule has 0 aliphatic rings. The van der Waals surface area contributed by atoms with Crippen LogP contribution in [-0.2, 0) is 11.3 Å². The van der Waals surface area contributed by atoms with E-state index in [2.05, 4.69) is 4.74 Å². The highest BCUT2D eigenvalue weighted by molar-refractivity contribution is 6.38. The Labute approximate surface area is 137 Å². The maximum absolute atomic E-state index is 11.6. The Morgan fingerprint density at radius 3 is 2.33 bits per heavy atom. The van der Waals surface area contributed by atoms with Crippen molar-refractivity contribution in [2.24, 2.45) is 0 Å². The number of hydrogen-bond donors (Lipinski definition) is 0. The molecule has 0 aromatic heterocycles. The van der Waals surface area contributed by atoms with Gasteiger partial charge >= 0.3 is 5.97 Å². The summed E-state index contributed by atoms with van der Waals surface area (Å²) in [4.78, 5) is 11.6. The fourth-order valence-electron chi connectivity index (χ4n) is 1.68. The van der Waals surface area contributed by atoms with Crippen molar-refractivity contribution in [1.82, 2.24) is 0 Å². The molecule has 0 heterocycles. The van der Waals surface area contributed by atoms with E-state index in [4.69, 9.17) is 39.5 Å². The molecular weight excluding hydrogens is 335 g/mol. The van der Waals surface area contributed by atoms with E-state index < -0.39 is 5.97 Å². The summed E-state index contributed by atoms with van der Waals surface area (Å²) in [7, 11) is 1.29. The lowest BCUT2D eigenvalue weighted by Crippen LogP contribution is -2.06. The SMILES string of the molecule is COC(=O)c1ccc(Cl)c(COc2ccc(Cl)cc2)c1Cl. The van der Waals surface area contributed by atoms with E-state index in [0.717, 1.165) is 0 Å².